The minimum atomic E-state index is 0.911. The van der Waals surface area contributed by atoms with Gasteiger partial charge in [-0.2, -0.15) is 0 Å². The Morgan fingerprint density at radius 3 is 1.21 bits per heavy atom. The Morgan fingerprint density at radius 1 is 0.458 bits per heavy atom. The molecule has 0 aromatic heterocycles. The monoisotopic (exact) mass is 316 g/mol. The van der Waals surface area contributed by atoms with Gasteiger partial charge in [0, 0.05) is 0 Å². The van der Waals surface area contributed by atoms with Crippen LogP contribution in [0, 0.1) is 0 Å². The molecule has 0 bridgehead atoms. The minimum absolute atomic E-state index is 0.911. The van der Waals surface area contributed by atoms with Crippen LogP contribution in [0.5, 0.6) is 11.5 Å². The number of benzene rings is 4. The Balaban J connectivity index is 0.000000141. The fourth-order valence-electron chi connectivity index (χ4n) is 2.59. The molecule has 0 saturated heterocycles. The highest BCUT2D eigenvalue weighted by atomic mass is 16.5. The van der Waals surface area contributed by atoms with Gasteiger partial charge < -0.3 is 9.47 Å². The van der Waals surface area contributed by atoms with E-state index >= 15 is 0 Å². The molecule has 0 heterocycles. The molecule has 120 valence electrons. The molecule has 2 heteroatoms. The van der Waals surface area contributed by atoms with Crippen molar-refractivity contribution in [1.29, 1.82) is 0 Å². The van der Waals surface area contributed by atoms with Gasteiger partial charge in [0.1, 0.15) is 11.5 Å². The SMILES string of the molecule is COc1ccc2ccccc2c1.COc1ccc2ccccc2c1. The van der Waals surface area contributed by atoms with Gasteiger partial charge in [-0.1, -0.05) is 60.7 Å². The summed E-state index contributed by atoms with van der Waals surface area (Å²) in [5, 5.41) is 4.94. The van der Waals surface area contributed by atoms with Crippen LogP contribution in [0.4, 0.5) is 0 Å². The molecular formula is C22H20O2. The van der Waals surface area contributed by atoms with E-state index in [4.69, 9.17) is 9.47 Å². The van der Waals surface area contributed by atoms with E-state index in [1.54, 1.807) is 14.2 Å². The highest BCUT2D eigenvalue weighted by Gasteiger charge is 1.94. The second kappa shape index (κ2) is 7.51. The van der Waals surface area contributed by atoms with Gasteiger partial charge in [0.05, 0.1) is 14.2 Å². The summed E-state index contributed by atoms with van der Waals surface area (Å²) in [6.07, 6.45) is 0. The summed E-state index contributed by atoms with van der Waals surface area (Å²) in [6.45, 7) is 0. The average Bonchev–Trinajstić information content (AvgIpc) is 2.67. The first kappa shape index (κ1) is 15.9. The first-order chi connectivity index (χ1) is 11.8. The standard InChI is InChI=1S/2C11H10O/c2*1-12-11-7-6-9-4-2-3-5-10(9)8-11/h2*2-8H,1H3. The molecule has 4 aromatic carbocycles. The Hall–Kier alpha value is -3.00. The molecular weight excluding hydrogens is 296 g/mol. The molecule has 0 atom stereocenters. The molecule has 24 heavy (non-hydrogen) atoms. The first-order valence-electron chi connectivity index (χ1n) is 7.86. The molecule has 0 fully saturated rings. The van der Waals surface area contributed by atoms with Crippen LogP contribution < -0.4 is 9.47 Å². The smallest absolute Gasteiger partial charge is 0.119 e. The molecule has 2 nitrogen and oxygen atoms in total. The second-order valence-electron chi connectivity index (χ2n) is 5.43. The summed E-state index contributed by atoms with van der Waals surface area (Å²) in [4.78, 5) is 0. The van der Waals surface area contributed by atoms with Crippen molar-refractivity contribution in [3.63, 3.8) is 0 Å². The van der Waals surface area contributed by atoms with Crippen molar-refractivity contribution in [2.24, 2.45) is 0 Å². The van der Waals surface area contributed by atoms with Crippen LogP contribution in [0.15, 0.2) is 84.9 Å². The molecule has 0 radical (unpaired) electrons. The van der Waals surface area contributed by atoms with Crippen molar-refractivity contribution in [1.82, 2.24) is 0 Å². The lowest BCUT2D eigenvalue weighted by molar-refractivity contribution is 0.415. The number of methoxy groups -OCH3 is 2. The van der Waals surface area contributed by atoms with Gasteiger partial charge in [-0.15, -0.1) is 0 Å². The number of rotatable bonds is 2. The predicted molar refractivity (Wildman–Crippen MR) is 101 cm³/mol. The van der Waals surface area contributed by atoms with E-state index in [0.29, 0.717) is 0 Å². The predicted octanol–water partition coefficient (Wildman–Crippen LogP) is 5.70. The number of fused-ring (bicyclic) bond motifs is 2. The molecule has 0 spiro atoms. The second-order valence-corrected chi connectivity index (χ2v) is 5.43. The topological polar surface area (TPSA) is 18.5 Å². The maximum Gasteiger partial charge on any atom is 0.119 e. The molecule has 0 amide bonds. The normalized spacial score (nSPS) is 10.1. The van der Waals surface area contributed by atoms with Gasteiger partial charge in [-0.25, -0.2) is 0 Å². The van der Waals surface area contributed by atoms with Crippen LogP contribution in [0.25, 0.3) is 21.5 Å². The highest BCUT2D eigenvalue weighted by Crippen LogP contribution is 2.20. The van der Waals surface area contributed by atoms with Crippen molar-refractivity contribution in [2.45, 2.75) is 0 Å². The number of hydrogen-bond acceptors (Lipinski definition) is 2. The fraction of sp³-hybridized carbons (Fsp3) is 0.0909. The third kappa shape index (κ3) is 3.66. The van der Waals surface area contributed by atoms with Crippen molar-refractivity contribution in [3.05, 3.63) is 84.9 Å². The van der Waals surface area contributed by atoms with Crippen molar-refractivity contribution < 1.29 is 9.47 Å². The summed E-state index contributed by atoms with van der Waals surface area (Å²) < 4.78 is 10.2. The summed E-state index contributed by atoms with van der Waals surface area (Å²) >= 11 is 0. The zero-order valence-corrected chi connectivity index (χ0v) is 13.9. The third-order valence-electron chi connectivity index (χ3n) is 3.91. The maximum absolute atomic E-state index is 5.12. The lowest BCUT2D eigenvalue weighted by Crippen LogP contribution is -1.81. The van der Waals surface area contributed by atoms with E-state index < -0.39 is 0 Å². The van der Waals surface area contributed by atoms with Crippen LogP contribution in [0.3, 0.4) is 0 Å². The van der Waals surface area contributed by atoms with Gasteiger partial charge in [-0.3, -0.25) is 0 Å². The Labute approximate surface area is 142 Å². The Kier molecular flexibility index (Phi) is 4.97. The quantitative estimate of drug-likeness (QED) is 0.472. The zero-order chi connectivity index (χ0) is 16.8. The van der Waals surface area contributed by atoms with Crippen molar-refractivity contribution >= 4 is 21.5 Å². The molecule has 0 unspecified atom stereocenters. The maximum atomic E-state index is 5.12. The van der Waals surface area contributed by atoms with E-state index in [1.165, 1.54) is 21.5 Å². The molecule has 4 rings (SSSR count). The van der Waals surface area contributed by atoms with E-state index in [2.05, 4.69) is 36.4 Å². The van der Waals surface area contributed by atoms with Gasteiger partial charge in [0.15, 0.2) is 0 Å². The number of ether oxygens (including phenoxy) is 2. The molecule has 0 aliphatic rings. The van der Waals surface area contributed by atoms with Gasteiger partial charge >= 0.3 is 0 Å². The van der Waals surface area contributed by atoms with Crippen LogP contribution in [0.2, 0.25) is 0 Å². The van der Waals surface area contributed by atoms with Gasteiger partial charge in [-0.05, 0) is 45.8 Å². The average molecular weight is 316 g/mol. The Morgan fingerprint density at radius 2 is 0.833 bits per heavy atom. The lowest BCUT2D eigenvalue weighted by atomic mass is 10.1. The van der Waals surface area contributed by atoms with Gasteiger partial charge in [0.25, 0.3) is 0 Å². The summed E-state index contributed by atoms with van der Waals surface area (Å²) in [7, 11) is 3.37. The summed E-state index contributed by atoms with van der Waals surface area (Å²) in [5.41, 5.74) is 0. The van der Waals surface area contributed by atoms with E-state index in [1.807, 2.05) is 48.5 Å². The molecule has 0 aliphatic carbocycles. The zero-order valence-electron chi connectivity index (χ0n) is 13.9. The van der Waals surface area contributed by atoms with Gasteiger partial charge in [0.2, 0.25) is 0 Å². The van der Waals surface area contributed by atoms with Crippen LogP contribution in [-0.4, -0.2) is 14.2 Å². The number of hydrogen-bond donors (Lipinski definition) is 0. The van der Waals surface area contributed by atoms with E-state index in [-0.39, 0.29) is 0 Å². The summed E-state index contributed by atoms with van der Waals surface area (Å²) in [6, 6.07) is 28.6. The Bertz CT molecular complexity index is 865. The van der Waals surface area contributed by atoms with E-state index in [9.17, 15) is 0 Å². The molecule has 0 saturated carbocycles. The van der Waals surface area contributed by atoms with Crippen LogP contribution in [0.1, 0.15) is 0 Å². The summed E-state index contributed by atoms with van der Waals surface area (Å²) in [5.74, 6) is 1.82. The van der Waals surface area contributed by atoms with Crippen molar-refractivity contribution in [3.8, 4) is 11.5 Å². The molecule has 4 aromatic rings. The minimum Gasteiger partial charge on any atom is -0.497 e. The van der Waals surface area contributed by atoms with Crippen LogP contribution in [-0.2, 0) is 0 Å². The largest absolute Gasteiger partial charge is 0.497 e. The third-order valence-corrected chi connectivity index (χ3v) is 3.91. The molecule has 0 aliphatic heterocycles. The lowest BCUT2D eigenvalue weighted by Gasteiger charge is -2.00. The van der Waals surface area contributed by atoms with Crippen LogP contribution >= 0.6 is 0 Å². The highest BCUT2D eigenvalue weighted by molar-refractivity contribution is 5.84. The molecule has 0 N–H and O–H groups in total. The fourth-order valence-corrected chi connectivity index (χ4v) is 2.59. The van der Waals surface area contributed by atoms with Crippen molar-refractivity contribution in [2.75, 3.05) is 14.2 Å². The van der Waals surface area contributed by atoms with E-state index in [0.717, 1.165) is 11.5 Å². The first-order valence-corrected chi connectivity index (χ1v) is 7.86.